The lowest BCUT2D eigenvalue weighted by molar-refractivity contribution is 0.0950. The minimum absolute atomic E-state index is 0.334. The summed E-state index contributed by atoms with van der Waals surface area (Å²) in [5.74, 6) is 0.438. The van der Waals surface area contributed by atoms with Crippen LogP contribution in [0, 0.1) is 0 Å². The molecule has 1 amide bonds. The first-order valence-electron chi connectivity index (χ1n) is 8.03. The summed E-state index contributed by atoms with van der Waals surface area (Å²) < 4.78 is 6.36. The van der Waals surface area contributed by atoms with Crippen molar-refractivity contribution in [2.24, 2.45) is 5.10 Å². The second-order valence-corrected chi connectivity index (χ2v) is 6.29. The average Bonchev–Trinajstić information content (AvgIpc) is 3.13. The predicted octanol–water partition coefficient (Wildman–Crippen LogP) is 4.00. The zero-order valence-electron chi connectivity index (χ0n) is 14.1. The van der Waals surface area contributed by atoms with E-state index in [1.807, 2.05) is 55.5 Å². The first-order valence-corrected chi connectivity index (χ1v) is 8.82. The predicted molar refractivity (Wildman–Crippen MR) is 104 cm³/mol. The van der Waals surface area contributed by atoms with E-state index >= 15 is 0 Å². The van der Waals surface area contributed by atoms with Crippen LogP contribution in [0.15, 0.2) is 64.2 Å². The molecule has 0 aliphatic heterocycles. The summed E-state index contributed by atoms with van der Waals surface area (Å²) in [6.45, 7) is 2.55. The van der Waals surface area contributed by atoms with Gasteiger partial charge in [0, 0.05) is 10.0 Å². The second kappa shape index (κ2) is 8.44. The molecule has 26 heavy (non-hydrogen) atoms. The quantitative estimate of drug-likeness (QED) is 0.474. The highest BCUT2D eigenvalue weighted by molar-refractivity contribution is 9.10. The van der Waals surface area contributed by atoms with Crippen molar-refractivity contribution >= 4 is 28.1 Å². The minimum atomic E-state index is -0.360. The van der Waals surface area contributed by atoms with E-state index in [-0.39, 0.29) is 5.91 Å². The van der Waals surface area contributed by atoms with Gasteiger partial charge in [-0.05, 0) is 55.0 Å². The second-order valence-electron chi connectivity index (χ2n) is 5.38. The molecule has 0 aliphatic carbocycles. The standard InChI is InChI=1S/C19H17BrN4O2/c1-2-26-16-8-6-14(7-9-16)17-11-18(23-22-17)19(25)24-21-12-13-4-3-5-15(20)10-13/h3-12H,2H2,1H3,(H,22,23)(H,24,25). The highest BCUT2D eigenvalue weighted by atomic mass is 79.9. The molecule has 0 saturated heterocycles. The van der Waals surface area contributed by atoms with E-state index in [4.69, 9.17) is 4.74 Å². The third-order valence-electron chi connectivity index (χ3n) is 3.51. The van der Waals surface area contributed by atoms with Crippen LogP contribution in [0.1, 0.15) is 23.0 Å². The largest absolute Gasteiger partial charge is 0.494 e. The summed E-state index contributed by atoms with van der Waals surface area (Å²) in [6.07, 6.45) is 1.58. The number of carbonyl (C=O) groups excluding carboxylic acids is 1. The topological polar surface area (TPSA) is 79.4 Å². The number of aromatic amines is 1. The zero-order chi connectivity index (χ0) is 18.4. The van der Waals surface area contributed by atoms with Crippen LogP contribution in [0.5, 0.6) is 5.75 Å². The van der Waals surface area contributed by atoms with Gasteiger partial charge in [0.05, 0.1) is 18.5 Å². The molecule has 0 radical (unpaired) electrons. The number of H-pyrrole nitrogens is 1. The summed E-state index contributed by atoms with van der Waals surface area (Å²) in [5.41, 5.74) is 5.25. The van der Waals surface area contributed by atoms with Crippen molar-refractivity contribution in [2.45, 2.75) is 6.92 Å². The number of hydrogen-bond acceptors (Lipinski definition) is 4. The van der Waals surface area contributed by atoms with E-state index in [2.05, 4.69) is 36.7 Å². The SMILES string of the molecule is CCOc1ccc(-c2cc(C(=O)NN=Cc3cccc(Br)c3)[nH]n2)cc1. The van der Waals surface area contributed by atoms with Crippen LogP contribution in [0.2, 0.25) is 0 Å². The Labute approximate surface area is 159 Å². The van der Waals surface area contributed by atoms with Crippen LogP contribution in [-0.4, -0.2) is 28.9 Å². The van der Waals surface area contributed by atoms with Gasteiger partial charge in [-0.15, -0.1) is 0 Å². The van der Waals surface area contributed by atoms with E-state index in [9.17, 15) is 4.79 Å². The minimum Gasteiger partial charge on any atom is -0.494 e. The monoisotopic (exact) mass is 412 g/mol. The third-order valence-corrected chi connectivity index (χ3v) is 4.01. The van der Waals surface area contributed by atoms with Crippen molar-refractivity contribution in [3.8, 4) is 17.0 Å². The fourth-order valence-corrected chi connectivity index (χ4v) is 2.70. The first kappa shape index (κ1) is 17.9. The number of aromatic nitrogens is 2. The van der Waals surface area contributed by atoms with Crippen molar-refractivity contribution in [3.05, 3.63) is 70.3 Å². The van der Waals surface area contributed by atoms with Gasteiger partial charge < -0.3 is 4.74 Å². The van der Waals surface area contributed by atoms with E-state index in [1.54, 1.807) is 12.3 Å². The highest BCUT2D eigenvalue weighted by Gasteiger charge is 2.10. The number of hydrazone groups is 1. The Morgan fingerprint density at radius 1 is 1.27 bits per heavy atom. The Bertz CT molecular complexity index is 919. The smallest absolute Gasteiger partial charge is 0.289 e. The van der Waals surface area contributed by atoms with E-state index < -0.39 is 0 Å². The Balaban J connectivity index is 1.64. The zero-order valence-corrected chi connectivity index (χ0v) is 15.7. The van der Waals surface area contributed by atoms with Gasteiger partial charge in [-0.1, -0.05) is 28.1 Å². The van der Waals surface area contributed by atoms with Crippen molar-refractivity contribution in [3.63, 3.8) is 0 Å². The molecule has 1 heterocycles. The molecular formula is C19H17BrN4O2. The van der Waals surface area contributed by atoms with Gasteiger partial charge in [-0.3, -0.25) is 9.89 Å². The summed E-state index contributed by atoms with van der Waals surface area (Å²) in [4.78, 5) is 12.2. The van der Waals surface area contributed by atoms with Crippen molar-refractivity contribution in [1.29, 1.82) is 0 Å². The number of nitrogens with one attached hydrogen (secondary N) is 2. The molecule has 2 aromatic carbocycles. The number of hydrogen-bond donors (Lipinski definition) is 2. The van der Waals surface area contributed by atoms with Crippen LogP contribution in [0.4, 0.5) is 0 Å². The van der Waals surface area contributed by atoms with Crippen LogP contribution in [-0.2, 0) is 0 Å². The van der Waals surface area contributed by atoms with E-state index in [0.717, 1.165) is 21.3 Å². The molecule has 0 atom stereocenters. The molecule has 0 fully saturated rings. The Kier molecular flexibility index (Phi) is 5.80. The number of carbonyl (C=O) groups is 1. The number of ether oxygens (including phenoxy) is 1. The van der Waals surface area contributed by atoms with Crippen LogP contribution >= 0.6 is 15.9 Å². The van der Waals surface area contributed by atoms with Gasteiger partial charge >= 0.3 is 0 Å². The van der Waals surface area contributed by atoms with Crippen molar-refractivity contribution in [1.82, 2.24) is 15.6 Å². The number of benzene rings is 2. The molecule has 0 aliphatic rings. The molecule has 0 spiro atoms. The Hall–Kier alpha value is -2.93. The normalized spacial score (nSPS) is 10.8. The van der Waals surface area contributed by atoms with Crippen LogP contribution in [0.25, 0.3) is 11.3 Å². The summed E-state index contributed by atoms with van der Waals surface area (Å²) >= 11 is 3.39. The number of nitrogens with zero attached hydrogens (tertiary/aromatic N) is 2. The molecule has 7 heteroatoms. The van der Waals surface area contributed by atoms with E-state index in [1.165, 1.54) is 0 Å². The van der Waals surface area contributed by atoms with Gasteiger partial charge in [0.15, 0.2) is 0 Å². The molecule has 3 rings (SSSR count). The third kappa shape index (κ3) is 4.58. The maximum absolute atomic E-state index is 12.2. The molecule has 132 valence electrons. The number of rotatable bonds is 6. The van der Waals surface area contributed by atoms with Gasteiger partial charge in [0.2, 0.25) is 0 Å². The molecule has 0 unspecified atom stereocenters. The molecule has 0 saturated carbocycles. The lowest BCUT2D eigenvalue weighted by Gasteiger charge is -2.02. The van der Waals surface area contributed by atoms with Crippen LogP contribution in [0.3, 0.4) is 0 Å². The molecule has 2 N–H and O–H groups in total. The molecule has 6 nitrogen and oxygen atoms in total. The van der Waals surface area contributed by atoms with Gasteiger partial charge in [-0.2, -0.15) is 10.2 Å². The van der Waals surface area contributed by atoms with Crippen LogP contribution < -0.4 is 10.2 Å². The van der Waals surface area contributed by atoms with Gasteiger partial charge in [-0.25, -0.2) is 5.43 Å². The number of halogens is 1. The lowest BCUT2D eigenvalue weighted by Crippen LogP contribution is -2.17. The summed E-state index contributed by atoms with van der Waals surface area (Å²) in [7, 11) is 0. The maximum atomic E-state index is 12.2. The Morgan fingerprint density at radius 3 is 2.81 bits per heavy atom. The maximum Gasteiger partial charge on any atom is 0.289 e. The molecule has 3 aromatic rings. The molecule has 0 bridgehead atoms. The Morgan fingerprint density at radius 2 is 2.08 bits per heavy atom. The summed E-state index contributed by atoms with van der Waals surface area (Å²) in [5, 5.41) is 10.9. The van der Waals surface area contributed by atoms with Crippen molar-refractivity contribution in [2.75, 3.05) is 6.61 Å². The van der Waals surface area contributed by atoms with Gasteiger partial charge in [0.25, 0.3) is 5.91 Å². The van der Waals surface area contributed by atoms with E-state index in [0.29, 0.717) is 18.0 Å². The summed E-state index contributed by atoms with van der Waals surface area (Å²) in [6, 6.07) is 16.8. The first-order chi connectivity index (χ1) is 12.7. The van der Waals surface area contributed by atoms with Crippen molar-refractivity contribution < 1.29 is 9.53 Å². The fraction of sp³-hybridized carbons (Fsp3) is 0.105. The molecular weight excluding hydrogens is 396 g/mol. The molecule has 1 aromatic heterocycles. The lowest BCUT2D eigenvalue weighted by atomic mass is 10.1. The van der Waals surface area contributed by atoms with Gasteiger partial charge in [0.1, 0.15) is 11.4 Å². The fourth-order valence-electron chi connectivity index (χ4n) is 2.29. The average molecular weight is 413 g/mol. The number of amides is 1. The highest BCUT2D eigenvalue weighted by Crippen LogP contribution is 2.21.